The first-order chi connectivity index (χ1) is 10.2. The van der Waals surface area contributed by atoms with Crippen LogP contribution in [0.4, 0.5) is 13.2 Å². The fourth-order valence-corrected chi connectivity index (χ4v) is 2.08. The highest BCUT2D eigenvalue weighted by Gasteiger charge is 2.31. The number of carbonyl (C=O) groups excluding carboxylic acids is 1. The van der Waals surface area contributed by atoms with Crippen molar-refractivity contribution in [1.29, 1.82) is 0 Å². The number of aryl methyl sites for hydroxylation is 1. The van der Waals surface area contributed by atoms with E-state index in [9.17, 15) is 18.0 Å². The molecule has 0 fully saturated rings. The van der Waals surface area contributed by atoms with Crippen molar-refractivity contribution in [2.75, 3.05) is 0 Å². The van der Waals surface area contributed by atoms with Crippen molar-refractivity contribution in [3.8, 4) is 11.5 Å². The fourth-order valence-electron chi connectivity index (χ4n) is 1.86. The van der Waals surface area contributed by atoms with Crippen molar-refractivity contribution < 1.29 is 22.7 Å². The number of benzene rings is 2. The summed E-state index contributed by atoms with van der Waals surface area (Å²) in [5, 5.41) is -0.134. The molecule has 6 heteroatoms. The van der Waals surface area contributed by atoms with Gasteiger partial charge in [-0.2, -0.15) is 13.2 Å². The van der Waals surface area contributed by atoms with E-state index in [0.717, 1.165) is 12.1 Å². The highest BCUT2D eigenvalue weighted by Crippen LogP contribution is 2.37. The zero-order valence-corrected chi connectivity index (χ0v) is 12.5. The maximum absolute atomic E-state index is 12.6. The van der Waals surface area contributed by atoms with Crippen LogP contribution in [0, 0.1) is 6.92 Å². The summed E-state index contributed by atoms with van der Waals surface area (Å²) in [7, 11) is 0. The summed E-state index contributed by atoms with van der Waals surface area (Å²) in [6, 6.07) is 7.71. The maximum Gasteiger partial charge on any atom is 0.416 e. The molecule has 0 heterocycles. The molecule has 0 atom stereocenters. The highest BCUT2D eigenvalue weighted by molar-refractivity contribution is 6.32. The molecule has 22 heavy (non-hydrogen) atoms. The molecule has 0 aliphatic rings. The molecule has 0 bridgehead atoms. The first-order valence-corrected chi connectivity index (χ1v) is 6.72. The maximum atomic E-state index is 12.6. The Hall–Kier alpha value is -2.01. The number of rotatable bonds is 3. The molecule has 2 rings (SSSR count). The Kier molecular flexibility index (Phi) is 4.47. The minimum absolute atomic E-state index is 0.0813. The van der Waals surface area contributed by atoms with Crippen LogP contribution in [0.25, 0.3) is 0 Å². The standard InChI is InChI=1S/C16H12ClF3O2/c1-9-7-11(10(2)21)3-5-14(9)22-15-6-4-12(8-13(15)17)16(18,19)20/h3-8H,1-2H3. The van der Waals surface area contributed by atoms with E-state index in [0.29, 0.717) is 16.9 Å². The van der Waals surface area contributed by atoms with Crippen molar-refractivity contribution in [3.63, 3.8) is 0 Å². The molecule has 0 spiro atoms. The van der Waals surface area contributed by atoms with Gasteiger partial charge in [-0.1, -0.05) is 11.6 Å². The Balaban J connectivity index is 2.30. The normalized spacial score (nSPS) is 11.4. The van der Waals surface area contributed by atoms with Crippen molar-refractivity contribution in [2.45, 2.75) is 20.0 Å². The molecule has 0 aromatic heterocycles. The van der Waals surface area contributed by atoms with Gasteiger partial charge in [0.15, 0.2) is 5.78 Å². The van der Waals surface area contributed by atoms with Crippen LogP contribution < -0.4 is 4.74 Å². The molecule has 0 saturated carbocycles. The van der Waals surface area contributed by atoms with Gasteiger partial charge in [-0.3, -0.25) is 4.79 Å². The number of hydrogen-bond acceptors (Lipinski definition) is 2. The smallest absolute Gasteiger partial charge is 0.416 e. The predicted molar refractivity (Wildman–Crippen MR) is 77.7 cm³/mol. The van der Waals surface area contributed by atoms with Crippen LogP contribution in [0.1, 0.15) is 28.4 Å². The number of ether oxygens (including phenoxy) is 1. The number of hydrogen-bond donors (Lipinski definition) is 0. The second-order valence-corrected chi connectivity index (χ2v) is 5.19. The van der Waals surface area contributed by atoms with E-state index in [-0.39, 0.29) is 16.6 Å². The molecule has 0 saturated heterocycles. The van der Waals surface area contributed by atoms with E-state index in [1.807, 2.05) is 0 Å². The first-order valence-electron chi connectivity index (χ1n) is 6.34. The summed E-state index contributed by atoms with van der Waals surface area (Å²) >= 11 is 5.84. The van der Waals surface area contributed by atoms with Gasteiger partial charge in [0.2, 0.25) is 0 Å². The third-order valence-corrected chi connectivity index (χ3v) is 3.36. The number of ketones is 1. The van der Waals surface area contributed by atoms with Gasteiger partial charge < -0.3 is 4.74 Å². The zero-order chi connectivity index (χ0) is 16.5. The van der Waals surface area contributed by atoms with Gasteiger partial charge in [0.05, 0.1) is 10.6 Å². The molecule has 0 aliphatic heterocycles. The predicted octanol–water partition coefficient (Wildman–Crippen LogP) is 5.66. The van der Waals surface area contributed by atoms with Crippen molar-refractivity contribution in [3.05, 3.63) is 58.1 Å². The Bertz CT molecular complexity index is 724. The van der Waals surface area contributed by atoms with Crippen LogP contribution in [-0.2, 0) is 6.18 Å². The molecule has 0 unspecified atom stereocenters. The largest absolute Gasteiger partial charge is 0.456 e. The summed E-state index contributed by atoms with van der Waals surface area (Å²) in [6.45, 7) is 3.18. The quantitative estimate of drug-likeness (QED) is 0.679. The minimum Gasteiger partial charge on any atom is -0.456 e. The van der Waals surface area contributed by atoms with E-state index >= 15 is 0 Å². The van der Waals surface area contributed by atoms with Gasteiger partial charge in [-0.15, -0.1) is 0 Å². The topological polar surface area (TPSA) is 26.3 Å². The lowest BCUT2D eigenvalue weighted by Gasteiger charge is -2.13. The SMILES string of the molecule is CC(=O)c1ccc(Oc2ccc(C(F)(F)F)cc2Cl)c(C)c1. The van der Waals surface area contributed by atoms with E-state index < -0.39 is 11.7 Å². The zero-order valence-electron chi connectivity index (χ0n) is 11.8. The van der Waals surface area contributed by atoms with Crippen LogP contribution in [0.2, 0.25) is 5.02 Å². The summed E-state index contributed by atoms with van der Waals surface area (Å²) in [5.74, 6) is 0.460. The molecule has 0 radical (unpaired) electrons. The minimum atomic E-state index is -4.46. The van der Waals surface area contributed by atoms with Gasteiger partial charge in [0.25, 0.3) is 0 Å². The lowest BCUT2D eigenvalue weighted by molar-refractivity contribution is -0.137. The highest BCUT2D eigenvalue weighted by atomic mass is 35.5. The molecule has 116 valence electrons. The number of Topliss-reactive ketones (excluding diaryl/α,β-unsaturated/α-hetero) is 1. The third-order valence-electron chi connectivity index (χ3n) is 3.06. The van der Waals surface area contributed by atoms with E-state index in [1.54, 1.807) is 25.1 Å². The van der Waals surface area contributed by atoms with Gasteiger partial charge in [0.1, 0.15) is 11.5 Å². The number of halogens is 4. The lowest BCUT2D eigenvalue weighted by atomic mass is 10.1. The van der Waals surface area contributed by atoms with Crippen LogP contribution in [-0.4, -0.2) is 5.78 Å². The van der Waals surface area contributed by atoms with Crippen LogP contribution in [0.5, 0.6) is 11.5 Å². The van der Waals surface area contributed by atoms with E-state index in [2.05, 4.69) is 0 Å². The summed E-state index contributed by atoms with van der Waals surface area (Å²) in [4.78, 5) is 11.3. The third kappa shape index (κ3) is 3.60. The number of alkyl halides is 3. The Morgan fingerprint density at radius 2 is 1.73 bits per heavy atom. The molecule has 0 aliphatic carbocycles. The summed E-state index contributed by atoms with van der Waals surface area (Å²) < 4.78 is 43.3. The Morgan fingerprint density at radius 1 is 1.09 bits per heavy atom. The summed E-state index contributed by atoms with van der Waals surface area (Å²) in [5.41, 5.74) is 0.375. The van der Waals surface area contributed by atoms with Crippen molar-refractivity contribution >= 4 is 17.4 Å². The first kappa shape index (κ1) is 16.4. The molecule has 0 amide bonds. The van der Waals surface area contributed by atoms with Crippen LogP contribution in [0.15, 0.2) is 36.4 Å². The van der Waals surface area contributed by atoms with Crippen LogP contribution in [0.3, 0.4) is 0 Å². The number of carbonyl (C=O) groups is 1. The van der Waals surface area contributed by atoms with Crippen LogP contribution >= 0.6 is 11.6 Å². The average Bonchev–Trinajstić information content (AvgIpc) is 2.41. The second-order valence-electron chi connectivity index (χ2n) is 4.78. The average molecular weight is 329 g/mol. The Morgan fingerprint density at radius 3 is 2.23 bits per heavy atom. The van der Waals surface area contributed by atoms with E-state index in [4.69, 9.17) is 16.3 Å². The van der Waals surface area contributed by atoms with Crippen molar-refractivity contribution in [2.24, 2.45) is 0 Å². The summed E-state index contributed by atoms with van der Waals surface area (Å²) in [6.07, 6.45) is -4.46. The monoisotopic (exact) mass is 328 g/mol. The molecule has 2 nitrogen and oxygen atoms in total. The van der Waals surface area contributed by atoms with Crippen molar-refractivity contribution in [1.82, 2.24) is 0 Å². The van der Waals surface area contributed by atoms with Gasteiger partial charge in [0, 0.05) is 5.56 Å². The fraction of sp³-hybridized carbons (Fsp3) is 0.188. The second kappa shape index (κ2) is 6.01. The molecular weight excluding hydrogens is 317 g/mol. The van der Waals surface area contributed by atoms with E-state index in [1.165, 1.54) is 13.0 Å². The lowest BCUT2D eigenvalue weighted by Crippen LogP contribution is -2.04. The van der Waals surface area contributed by atoms with Gasteiger partial charge in [-0.05, 0) is 55.8 Å². The molecular formula is C16H12ClF3O2. The molecule has 2 aromatic carbocycles. The van der Waals surface area contributed by atoms with Gasteiger partial charge >= 0.3 is 6.18 Å². The van der Waals surface area contributed by atoms with Gasteiger partial charge in [-0.25, -0.2) is 0 Å². The molecule has 0 N–H and O–H groups in total. The molecule has 2 aromatic rings. The Labute approximate surface area is 130 Å².